The maximum Gasteiger partial charge on any atom is 0.326 e. The highest BCUT2D eigenvalue weighted by Crippen LogP contribution is 2.36. The number of methoxy groups -OCH3 is 1. The van der Waals surface area contributed by atoms with Gasteiger partial charge in [-0.15, -0.1) is 56.7 Å². The van der Waals surface area contributed by atoms with Crippen LogP contribution in [0.3, 0.4) is 0 Å². The number of nitrogens with zero attached hydrogens (tertiary/aromatic N) is 4. The summed E-state index contributed by atoms with van der Waals surface area (Å²) < 4.78 is 15.2. The van der Waals surface area contributed by atoms with Gasteiger partial charge in [0.2, 0.25) is 11.8 Å². The summed E-state index contributed by atoms with van der Waals surface area (Å²) >= 11 is 11.6. The number of primary amides is 1. The summed E-state index contributed by atoms with van der Waals surface area (Å²) in [5, 5.41) is 48.1. The zero-order valence-electron chi connectivity index (χ0n) is 37.1. The van der Waals surface area contributed by atoms with E-state index < -0.39 is 55.7 Å². The summed E-state index contributed by atoms with van der Waals surface area (Å²) in [4.78, 5) is 101. The summed E-state index contributed by atoms with van der Waals surface area (Å²) in [6.07, 6.45) is 0.397. The molecule has 5 aromatic heterocycles. The second-order valence-corrected chi connectivity index (χ2v) is 20.7. The van der Waals surface area contributed by atoms with Crippen LogP contribution in [0, 0.1) is 30.3 Å². The van der Waals surface area contributed by atoms with Crippen molar-refractivity contribution in [2.24, 2.45) is 5.73 Å². The Morgan fingerprint density at radius 2 is 1.24 bits per heavy atom. The van der Waals surface area contributed by atoms with Crippen LogP contribution in [-0.2, 0) is 62.2 Å². The number of fused-ring (bicyclic) bond motifs is 1. The van der Waals surface area contributed by atoms with Gasteiger partial charge < -0.3 is 35.7 Å². The Hall–Kier alpha value is -6.39. The Morgan fingerprint density at radius 1 is 0.750 bits per heavy atom. The number of carboxylic acid groups (broad SMARTS) is 1. The first kappa shape index (κ1) is 57.7. The minimum Gasteiger partial charge on any atom is -0.481 e. The molecule has 0 saturated carbocycles. The van der Waals surface area contributed by atoms with Gasteiger partial charge in [0.15, 0.2) is 10.3 Å². The van der Waals surface area contributed by atoms with Gasteiger partial charge in [-0.25, -0.2) is 0 Å². The average Bonchev–Trinajstić information content (AvgIpc) is 4.07. The molecule has 0 atom stereocenters. The molecule has 0 saturated heterocycles. The Kier molecular flexibility index (Phi) is 22.3. The quantitative estimate of drug-likeness (QED) is 0.0348. The SMILES string of the molecule is CC(C)(C)OC(=O)C(C(=O)OC(C)(C)C)c1sccc1[N+](=O)[O-].COC(=O)Cc1sccc1N.NC(=O)CN1C(=O)Cc2sccc21.O=C(O)Cc1sccc1[N+](=O)[O-].O=[N+]([O-])c1ccsc1Cl. The number of carbonyl (C=O) groups is 6. The van der Waals surface area contributed by atoms with Crippen LogP contribution >= 0.6 is 68.3 Å². The minimum atomic E-state index is -1.48. The van der Waals surface area contributed by atoms with Crippen molar-refractivity contribution in [1.29, 1.82) is 0 Å². The third kappa shape index (κ3) is 19.1. The number of amides is 2. The fraction of sp³-hybridized carbons (Fsp3) is 0.350. The number of aliphatic carboxylic acids is 1. The van der Waals surface area contributed by atoms with Gasteiger partial charge in [0, 0.05) is 33.6 Å². The van der Waals surface area contributed by atoms with Crippen LogP contribution in [0.1, 0.15) is 67.0 Å². The van der Waals surface area contributed by atoms with Gasteiger partial charge in [-0.1, -0.05) is 11.6 Å². The van der Waals surface area contributed by atoms with Crippen LogP contribution in [0.25, 0.3) is 0 Å². The summed E-state index contributed by atoms with van der Waals surface area (Å²) in [6.45, 7) is 9.90. The zero-order chi connectivity index (χ0) is 51.7. The van der Waals surface area contributed by atoms with E-state index in [9.17, 15) is 59.1 Å². The summed E-state index contributed by atoms with van der Waals surface area (Å²) in [5.41, 5.74) is 10.0. The van der Waals surface area contributed by atoms with Crippen LogP contribution in [0.2, 0.25) is 4.34 Å². The molecule has 0 aliphatic carbocycles. The van der Waals surface area contributed by atoms with E-state index in [1.165, 1.54) is 63.6 Å². The molecule has 0 unspecified atom stereocenters. The van der Waals surface area contributed by atoms with Crippen LogP contribution in [-0.4, -0.2) is 80.4 Å². The fourth-order valence-electron chi connectivity index (χ4n) is 5.00. The van der Waals surface area contributed by atoms with Gasteiger partial charge in [-0.05, 0) is 80.6 Å². The highest BCUT2D eigenvalue weighted by atomic mass is 35.5. The number of thiophene rings is 5. The molecule has 1 aliphatic heterocycles. The lowest BCUT2D eigenvalue weighted by Gasteiger charge is -2.25. The molecule has 0 bridgehead atoms. The first-order valence-electron chi connectivity index (χ1n) is 19.1. The number of nitrogen functional groups attached to an aromatic ring is 1. The lowest BCUT2D eigenvalue weighted by Crippen LogP contribution is -2.35. The summed E-state index contributed by atoms with van der Waals surface area (Å²) in [7, 11) is 1.37. The molecule has 22 nitrogen and oxygen atoms in total. The Morgan fingerprint density at radius 3 is 1.68 bits per heavy atom. The maximum absolute atomic E-state index is 12.4. The molecule has 28 heteroatoms. The maximum atomic E-state index is 12.4. The smallest absolute Gasteiger partial charge is 0.326 e. The summed E-state index contributed by atoms with van der Waals surface area (Å²) in [5.74, 6) is -5.03. The number of hydrogen-bond acceptors (Lipinski definition) is 21. The van der Waals surface area contributed by atoms with Crippen LogP contribution < -0.4 is 16.4 Å². The highest BCUT2D eigenvalue weighted by Gasteiger charge is 2.41. The molecule has 5 aromatic rings. The number of nitrogens with two attached hydrogens (primary N) is 2. The van der Waals surface area contributed by atoms with E-state index in [2.05, 4.69) is 4.74 Å². The van der Waals surface area contributed by atoms with Gasteiger partial charge in [0.05, 0.1) is 51.7 Å². The van der Waals surface area contributed by atoms with Gasteiger partial charge in [-0.2, -0.15) is 0 Å². The molecule has 0 aromatic carbocycles. The number of esters is 3. The normalized spacial score (nSPS) is 11.4. The zero-order valence-corrected chi connectivity index (χ0v) is 42.0. The minimum absolute atomic E-state index is 0.0113. The Labute approximate surface area is 412 Å². The van der Waals surface area contributed by atoms with E-state index in [1.807, 2.05) is 16.8 Å². The topological polar surface area (TPSA) is 335 Å². The second-order valence-electron chi connectivity index (χ2n) is 15.2. The van der Waals surface area contributed by atoms with Crippen molar-refractivity contribution < 1.29 is 62.9 Å². The van der Waals surface area contributed by atoms with Gasteiger partial charge in [0.1, 0.15) is 22.6 Å². The van der Waals surface area contributed by atoms with E-state index in [-0.39, 0.29) is 62.4 Å². The largest absolute Gasteiger partial charge is 0.481 e. The molecule has 2 amide bonds. The first-order valence-corrected chi connectivity index (χ1v) is 23.8. The molecule has 6 rings (SSSR count). The number of carbonyl (C=O) groups excluding carboxylic acids is 5. The number of halogens is 1. The molecule has 0 spiro atoms. The van der Waals surface area contributed by atoms with E-state index >= 15 is 0 Å². The van der Waals surface area contributed by atoms with Crippen molar-refractivity contribution in [3.63, 3.8) is 0 Å². The average molecular weight is 1060 g/mol. The van der Waals surface area contributed by atoms with Crippen molar-refractivity contribution >= 4 is 132 Å². The molecule has 6 heterocycles. The predicted octanol–water partition coefficient (Wildman–Crippen LogP) is 8.18. The number of rotatable bonds is 12. The van der Waals surface area contributed by atoms with E-state index in [0.29, 0.717) is 12.1 Å². The monoisotopic (exact) mass is 1060 g/mol. The lowest BCUT2D eigenvalue weighted by molar-refractivity contribution is -0.385. The Bertz CT molecular complexity index is 2560. The first-order chi connectivity index (χ1) is 31.6. The predicted molar refractivity (Wildman–Crippen MR) is 258 cm³/mol. The molecular weight excluding hydrogens is 1020 g/mol. The van der Waals surface area contributed by atoms with Crippen LogP contribution in [0.4, 0.5) is 28.4 Å². The lowest BCUT2D eigenvalue weighted by atomic mass is 10.1. The van der Waals surface area contributed by atoms with Crippen molar-refractivity contribution in [2.45, 2.75) is 77.9 Å². The molecule has 0 fully saturated rings. The van der Waals surface area contributed by atoms with Crippen molar-refractivity contribution in [1.82, 2.24) is 0 Å². The van der Waals surface area contributed by atoms with E-state index in [1.54, 1.807) is 53.0 Å². The molecular formula is C40H45ClN6O16S5. The van der Waals surface area contributed by atoms with Gasteiger partial charge in [-0.3, -0.25) is 59.1 Å². The van der Waals surface area contributed by atoms with E-state index in [0.717, 1.165) is 49.5 Å². The number of nitro groups is 3. The molecule has 1 aliphatic rings. The molecule has 368 valence electrons. The highest BCUT2D eigenvalue weighted by molar-refractivity contribution is 7.15. The van der Waals surface area contributed by atoms with E-state index in [4.69, 9.17) is 37.6 Å². The van der Waals surface area contributed by atoms with Gasteiger partial charge in [0.25, 0.3) is 17.1 Å². The fourth-order valence-corrected chi connectivity index (χ4v) is 9.28. The van der Waals surface area contributed by atoms with Crippen molar-refractivity contribution in [3.8, 4) is 0 Å². The number of anilines is 2. The molecule has 68 heavy (non-hydrogen) atoms. The van der Waals surface area contributed by atoms with Crippen molar-refractivity contribution in [2.75, 3.05) is 24.3 Å². The molecule has 5 N–H and O–H groups in total. The summed E-state index contributed by atoms with van der Waals surface area (Å²) in [6, 6.07) is 7.56. The van der Waals surface area contributed by atoms with Gasteiger partial charge >= 0.3 is 23.9 Å². The van der Waals surface area contributed by atoms with Crippen LogP contribution in [0.5, 0.6) is 0 Å². The number of hydrogen-bond donors (Lipinski definition) is 3. The Balaban J connectivity index is 0.000000305. The number of ether oxygens (including phenoxy) is 3. The standard InChI is InChI=1S/C15H21NO6S.C8H8N2O2S.C7H9NO2S.C6H5NO4S.C4H2ClNO2S/c1-14(2,3)21-12(17)10(13(18)22-15(4,5)6)11-9(16(19)20)7-8-23-11;9-7(11)4-10-5-1-2-13-6(5)3-8(10)12;1-10-7(9)4-6-5(8)2-3-11-6;8-6(9)3-5-4(7(10)11)1-2-12-5;5-4-3(6(7)8)1-2-9-4/h7-8,10H,1-6H3;1-2H,3-4H2,(H2,9,11);2-3H,4,8H2,1H3;1-2H,3H2,(H,8,9);1-2H. The second kappa shape index (κ2) is 26.2. The molecule has 0 radical (unpaired) electrons. The van der Waals surface area contributed by atoms with Crippen molar-refractivity contribution in [3.05, 3.63) is 111 Å². The van der Waals surface area contributed by atoms with Crippen LogP contribution in [0.15, 0.2) is 57.2 Å². The number of carboxylic acids is 1. The third-order valence-corrected chi connectivity index (χ3v) is 12.6. The third-order valence-electron chi connectivity index (χ3n) is 7.70.